The van der Waals surface area contributed by atoms with E-state index in [0.717, 1.165) is 31.4 Å². The summed E-state index contributed by atoms with van der Waals surface area (Å²) < 4.78 is 5.60. The van der Waals surface area contributed by atoms with Crippen LogP contribution in [0.4, 0.5) is 0 Å². The predicted octanol–water partition coefficient (Wildman–Crippen LogP) is 2.37. The number of nitrogens with one attached hydrogen (secondary N) is 1. The molecule has 0 amide bonds. The van der Waals surface area contributed by atoms with Crippen LogP contribution in [0.3, 0.4) is 0 Å². The molecule has 0 aromatic heterocycles. The van der Waals surface area contributed by atoms with Crippen LogP contribution in [-0.4, -0.2) is 19.7 Å². The number of hydrogen-bond acceptors (Lipinski definition) is 2. The van der Waals surface area contributed by atoms with Gasteiger partial charge in [-0.15, -0.1) is 0 Å². The molecule has 2 rings (SSSR count). The van der Waals surface area contributed by atoms with Gasteiger partial charge in [-0.25, -0.2) is 0 Å². The molecule has 1 aromatic carbocycles. The summed E-state index contributed by atoms with van der Waals surface area (Å²) in [7, 11) is 0. The average molecular weight is 205 g/mol. The molecule has 82 valence electrons. The quantitative estimate of drug-likeness (QED) is 0.720. The van der Waals surface area contributed by atoms with E-state index in [1.807, 2.05) is 12.1 Å². The third-order valence-electron chi connectivity index (χ3n) is 2.70. The Hall–Kier alpha value is -1.02. The number of hydrogen-bond donors (Lipinski definition) is 1. The molecule has 0 saturated heterocycles. The van der Waals surface area contributed by atoms with Crippen LogP contribution >= 0.6 is 0 Å². The Morgan fingerprint density at radius 3 is 2.67 bits per heavy atom. The second-order valence-corrected chi connectivity index (χ2v) is 4.31. The van der Waals surface area contributed by atoms with E-state index < -0.39 is 0 Å². The summed E-state index contributed by atoms with van der Waals surface area (Å²) in [4.78, 5) is 0. The Morgan fingerprint density at radius 2 is 2.00 bits per heavy atom. The maximum Gasteiger partial charge on any atom is 0.119 e. The highest BCUT2D eigenvalue weighted by Crippen LogP contribution is 2.27. The van der Waals surface area contributed by atoms with Crippen molar-refractivity contribution in [1.82, 2.24) is 5.32 Å². The first-order chi connectivity index (χ1) is 7.34. The minimum Gasteiger partial charge on any atom is -0.492 e. The van der Waals surface area contributed by atoms with Crippen LogP contribution in [0.2, 0.25) is 0 Å². The van der Waals surface area contributed by atoms with Gasteiger partial charge in [-0.3, -0.25) is 0 Å². The minimum absolute atomic E-state index is 0.760. The fourth-order valence-electron chi connectivity index (χ4n) is 1.50. The molecule has 2 nitrogen and oxygen atoms in total. The van der Waals surface area contributed by atoms with Gasteiger partial charge in [-0.05, 0) is 44.4 Å². The van der Waals surface area contributed by atoms with Crippen molar-refractivity contribution < 1.29 is 4.74 Å². The number of rotatable bonds is 6. The molecule has 2 heteroatoms. The molecule has 1 aliphatic carbocycles. The van der Waals surface area contributed by atoms with Crippen LogP contribution in [0.15, 0.2) is 24.3 Å². The molecule has 15 heavy (non-hydrogen) atoms. The highest BCUT2D eigenvalue weighted by Gasteiger charge is 2.19. The summed E-state index contributed by atoms with van der Waals surface area (Å²) in [6.45, 7) is 4.96. The van der Waals surface area contributed by atoms with E-state index in [-0.39, 0.29) is 0 Å². The summed E-state index contributed by atoms with van der Waals surface area (Å²) in [5, 5.41) is 3.40. The highest BCUT2D eigenvalue weighted by molar-refractivity contribution is 5.26. The van der Waals surface area contributed by atoms with E-state index in [0.29, 0.717) is 0 Å². The van der Waals surface area contributed by atoms with E-state index in [4.69, 9.17) is 4.74 Å². The van der Waals surface area contributed by atoms with Crippen LogP contribution in [-0.2, 0) is 0 Å². The van der Waals surface area contributed by atoms with E-state index in [2.05, 4.69) is 24.4 Å². The Balaban J connectivity index is 1.58. The van der Waals surface area contributed by atoms with Crippen molar-refractivity contribution in [2.75, 3.05) is 19.7 Å². The van der Waals surface area contributed by atoms with Gasteiger partial charge in [0.2, 0.25) is 0 Å². The van der Waals surface area contributed by atoms with Crippen molar-refractivity contribution in [1.29, 1.82) is 0 Å². The number of aryl methyl sites for hydroxylation is 1. The lowest BCUT2D eigenvalue weighted by atomic mass is 10.2. The topological polar surface area (TPSA) is 21.3 Å². The van der Waals surface area contributed by atoms with Gasteiger partial charge in [0.1, 0.15) is 12.4 Å². The molecule has 0 unspecified atom stereocenters. The summed E-state index contributed by atoms with van der Waals surface area (Å²) in [6, 6.07) is 8.20. The zero-order valence-corrected chi connectivity index (χ0v) is 9.33. The SMILES string of the molecule is Cc1ccc(OCCNCC2CC2)cc1. The smallest absolute Gasteiger partial charge is 0.119 e. The fraction of sp³-hybridized carbons (Fsp3) is 0.538. The van der Waals surface area contributed by atoms with Crippen LogP contribution in [0.5, 0.6) is 5.75 Å². The van der Waals surface area contributed by atoms with Crippen molar-refractivity contribution >= 4 is 0 Å². The van der Waals surface area contributed by atoms with Crippen molar-refractivity contribution in [3.8, 4) is 5.75 Å². The number of benzene rings is 1. The zero-order chi connectivity index (χ0) is 10.5. The molecule has 0 spiro atoms. The Bertz CT molecular complexity index is 290. The van der Waals surface area contributed by atoms with Gasteiger partial charge >= 0.3 is 0 Å². The molecular formula is C13H19NO. The molecule has 0 radical (unpaired) electrons. The average Bonchev–Trinajstić information content (AvgIpc) is 3.04. The monoisotopic (exact) mass is 205 g/mol. The first kappa shape index (κ1) is 10.5. The second kappa shape index (κ2) is 5.17. The van der Waals surface area contributed by atoms with E-state index in [1.165, 1.54) is 18.4 Å². The lowest BCUT2D eigenvalue weighted by molar-refractivity contribution is 0.313. The molecule has 0 heterocycles. The molecule has 0 bridgehead atoms. The number of ether oxygens (including phenoxy) is 1. The summed E-state index contributed by atoms with van der Waals surface area (Å²) in [5.41, 5.74) is 1.27. The van der Waals surface area contributed by atoms with Gasteiger partial charge in [0, 0.05) is 6.54 Å². The molecule has 1 fully saturated rings. The third kappa shape index (κ3) is 3.92. The van der Waals surface area contributed by atoms with E-state index in [9.17, 15) is 0 Å². The molecule has 1 saturated carbocycles. The van der Waals surface area contributed by atoms with Crippen LogP contribution in [0.1, 0.15) is 18.4 Å². The summed E-state index contributed by atoms with van der Waals surface area (Å²) >= 11 is 0. The Kier molecular flexibility index (Phi) is 3.62. The molecule has 1 aliphatic rings. The normalized spacial score (nSPS) is 15.3. The van der Waals surface area contributed by atoms with Gasteiger partial charge in [0.25, 0.3) is 0 Å². The minimum atomic E-state index is 0.760. The van der Waals surface area contributed by atoms with Crippen molar-refractivity contribution in [2.45, 2.75) is 19.8 Å². The van der Waals surface area contributed by atoms with Gasteiger partial charge in [0.05, 0.1) is 0 Å². The third-order valence-corrected chi connectivity index (χ3v) is 2.70. The molecule has 0 aliphatic heterocycles. The summed E-state index contributed by atoms with van der Waals surface area (Å²) in [6.07, 6.45) is 2.82. The largest absolute Gasteiger partial charge is 0.492 e. The second-order valence-electron chi connectivity index (χ2n) is 4.31. The maximum atomic E-state index is 5.60. The van der Waals surface area contributed by atoms with Gasteiger partial charge in [-0.1, -0.05) is 17.7 Å². The standard InChI is InChI=1S/C13H19NO/c1-11-2-6-13(7-3-11)15-9-8-14-10-12-4-5-12/h2-3,6-7,12,14H,4-5,8-10H2,1H3. The van der Waals surface area contributed by atoms with E-state index in [1.54, 1.807) is 0 Å². The van der Waals surface area contributed by atoms with Crippen molar-refractivity contribution in [3.63, 3.8) is 0 Å². The first-order valence-electron chi connectivity index (χ1n) is 5.75. The van der Waals surface area contributed by atoms with E-state index >= 15 is 0 Å². The Morgan fingerprint density at radius 1 is 1.27 bits per heavy atom. The first-order valence-corrected chi connectivity index (χ1v) is 5.75. The van der Waals surface area contributed by atoms with Gasteiger partial charge in [0.15, 0.2) is 0 Å². The van der Waals surface area contributed by atoms with Crippen LogP contribution < -0.4 is 10.1 Å². The van der Waals surface area contributed by atoms with Gasteiger partial charge in [-0.2, -0.15) is 0 Å². The molecule has 1 N–H and O–H groups in total. The molecule has 1 aromatic rings. The molecule has 0 atom stereocenters. The predicted molar refractivity (Wildman–Crippen MR) is 62.3 cm³/mol. The Labute approximate surface area is 91.6 Å². The highest BCUT2D eigenvalue weighted by atomic mass is 16.5. The molecular weight excluding hydrogens is 186 g/mol. The van der Waals surface area contributed by atoms with Gasteiger partial charge < -0.3 is 10.1 Å². The fourth-order valence-corrected chi connectivity index (χ4v) is 1.50. The van der Waals surface area contributed by atoms with Crippen LogP contribution in [0, 0.1) is 12.8 Å². The summed E-state index contributed by atoms with van der Waals surface area (Å²) in [5.74, 6) is 1.91. The zero-order valence-electron chi connectivity index (χ0n) is 9.33. The lowest BCUT2D eigenvalue weighted by Gasteiger charge is -2.07. The lowest BCUT2D eigenvalue weighted by Crippen LogP contribution is -2.23. The van der Waals surface area contributed by atoms with Crippen LogP contribution in [0.25, 0.3) is 0 Å². The van der Waals surface area contributed by atoms with Crippen molar-refractivity contribution in [2.24, 2.45) is 5.92 Å². The maximum absolute atomic E-state index is 5.60. The van der Waals surface area contributed by atoms with Crippen molar-refractivity contribution in [3.05, 3.63) is 29.8 Å².